The standard InChI is InChI=1S/C26H28N6O/c27-19-9-11-20(12-10-19)30-24(28)17-8-13-22-23(14-17)32(26(31-22)25(29)33)15-18-6-3-5-16-4-1-2-7-21(16)18/h1-8,13-14,19-20H,9-12,15,27H2,(H2,28,30)(H2,29,33). The van der Waals surface area contributed by atoms with E-state index in [0.29, 0.717) is 17.9 Å². The number of fused-ring (bicyclic) bond motifs is 2. The highest BCUT2D eigenvalue weighted by atomic mass is 16.1. The van der Waals surface area contributed by atoms with E-state index in [9.17, 15) is 4.79 Å². The Labute approximate surface area is 192 Å². The molecular formula is C26H28N6O. The molecule has 4 aromatic rings. The van der Waals surface area contributed by atoms with Crippen LogP contribution in [0.4, 0.5) is 0 Å². The zero-order valence-electron chi connectivity index (χ0n) is 18.4. The molecular weight excluding hydrogens is 412 g/mol. The summed E-state index contributed by atoms with van der Waals surface area (Å²) < 4.78 is 1.87. The van der Waals surface area contributed by atoms with E-state index in [0.717, 1.165) is 53.1 Å². The predicted octanol–water partition coefficient (Wildman–Crippen LogP) is 3.31. The third-order valence-corrected chi connectivity index (χ3v) is 6.54. The van der Waals surface area contributed by atoms with Crippen molar-refractivity contribution in [2.75, 3.05) is 0 Å². The Hall–Kier alpha value is -3.71. The molecule has 1 heterocycles. The lowest BCUT2D eigenvalue weighted by Gasteiger charge is -2.23. The number of nitrogens with two attached hydrogens (primary N) is 3. The summed E-state index contributed by atoms with van der Waals surface area (Å²) in [4.78, 5) is 21.5. The molecule has 1 saturated carbocycles. The zero-order valence-corrected chi connectivity index (χ0v) is 18.4. The second kappa shape index (κ2) is 8.67. The van der Waals surface area contributed by atoms with Crippen LogP contribution in [0.25, 0.3) is 21.8 Å². The summed E-state index contributed by atoms with van der Waals surface area (Å²) in [7, 11) is 0. The molecule has 1 fully saturated rings. The Bertz CT molecular complexity index is 1360. The quantitative estimate of drug-likeness (QED) is 0.325. The Kier molecular flexibility index (Phi) is 5.56. The average molecular weight is 441 g/mol. The van der Waals surface area contributed by atoms with Gasteiger partial charge in [-0.05, 0) is 60.2 Å². The molecule has 5 rings (SSSR count). The number of rotatable bonds is 5. The summed E-state index contributed by atoms with van der Waals surface area (Å²) in [6.45, 7) is 0.469. The third-order valence-electron chi connectivity index (χ3n) is 6.54. The predicted molar refractivity (Wildman–Crippen MR) is 132 cm³/mol. The second-order valence-corrected chi connectivity index (χ2v) is 8.81. The number of benzene rings is 3. The molecule has 1 aliphatic carbocycles. The zero-order chi connectivity index (χ0) is 22.9. The molecule has 0 atom stereocenters. The Morgan fingerprint density at radius 1 is 1.00 bits per heavy atom. The molecule has 7 heteroatoms. The molecule has 0 spiro atoms. The van der Waals surface area contributed by atoms with Crippen LogP contribution in [-0.4, -0.2) is 33.4 Å². The molecule has 0 aliphatic heterocycles. The molecule has 1 amide bonds. The second-order valence-electron chi connectivity index (χ2n) is 8.81. The number of carbonyl (C=O) groups excluding carboxylic acids is 1. The SMILES string of the molecule is NC(=O)c1nc2ccc(C(N)=NC3CCC(N)CC3)cc2n1Cc1cccc2ccccc12. The van der Waals surface area contributed by atoms with E-state index in [2.05, 4.69) is 29.2 Å². The first-order chi connectivity index (χ1) is 16.0. The van der Waals surface area contributed by atoms with E-state index in [1.54, 1.807) is 0 Å². The van der Waals surface area contributed by atoms with Crippen LogP contribution in [0.3, 0.4) is 0 Å². The van der Waals surface area contributed by atoms with E-state index in [1.165, 1.54) is 0 Å². The number of hydrogen-bond donors (Lipinski definition) is 3. The molecule has 0 radical (unpaired) electrons. The van der Waals surface area contributed by atoms with Crippen molar-refractivity contribution in [1.29, 1.82) is 0 Å². The van der Waals surface area contributed by atoms with Crippen molar-refractivity contribution in [3.05, 3.63) is 77.6 Å². The summed E-state index contributed by atoms with van der Waals surface area (Å²) in [6, 6.07) is 20.5. The van der Waals surface area contributed by atoms with Gasteiger partial charge in [0.2, 0.25) is 0 Å². The maximum absolute atomic E-state index is 12.2. The van der Waals surface area contributed by atoms with Crippen molar-refractivity contribution in [2.45, 2.75) is 44.3 Å². The lowest BCUT2D eigenvalue weighted by atomic mass is 9.92. The Morgan fingerprint density at radius 2 is 1.76 bits per heavy atom. The van der Waals surface area contributed by atoms with E-state index < -0.39 is 5.91 Å². The number of hydrogen-bond acceptors (Lipinski definition) is 4. The van der Waals surface area contributed by atoms with Crippen LogP contribution in [-0.2, 0) is 6.54 Å². The normalized spacial score (nSPS) is 19.2. The summed E-state index contributed by atoms with van der Waals surface area (Å²) in [5.74, 6) is 0.163. The number of aliphatic imine (C=N–C) groups is 1. The molecule has 0 bridgehead atoms. The lowest BCUT2D eigenvalue weighted by Crippen LogP contribution is -2.29. The maximum atomic E-state index is 12.2. The number of nitrogens with zero attached hydrogens (tertiary/aromatic N) is 3. The molecule has 0 unspecified atom stereocenters. The number of imidazole rings is 1. The number of carbonyl (C=O) groups is 1. The first-order valence-electron chi connectivity index (χ1n) is 11.4. The van der Waals surface area contributed by atoms with E-state index >= 15 is 0 Å². The van der Waals surface area contributed by atoms with Gasteiger partial charge in [-0.2, -0.15) is 0 Å². The monoisotopic (exact) mass is 440 g/mol. The van der Waals surface area contributed by atoms with Gasteiger partial charge in [0.1, 0.15) is 5.84 Å². The highest BCUT2D eigenvalue weighted by molar-refractivity contribution is 6.01. The lowest BCUT2D eigenvalue weighted by molar-refractivity contribution is 0.0987. The van der Waals surface area contributed by atoms with Gasteiger partial charge in [-0.1, -0.05) is 42.5 Å². The van der Waals surface area contributed by atoms with Crippen LogP contribution in [0.2, 0.25) is 0 Å². The molecule has 1 aromatic heterocycles. The number of aromatic nitrogens is 2. The molecule has 1 aliphatic rings. The van der Waals surface area contributed by atoms with Crippen LogP contribution in [0, 0.1) is 0 Å². The van der Waals surface area contributed by atoms with Gasteiger partial charge in [0.25, 0.3) is 5.91 Å². The maximum Gasteiger partial charge on any atom is 0.284 e. The van der Waals surface area contributed by atoms with E-state index in [4.69, 9.17) is 22.2 Å². The first kappa shape index (κ1) is 21.2. The smallest absolute Gasteiger partial charge is 0.284 e. The van der Waals surface area contributed by atoms with Crippen LogP contribution in [0.1, 0.15) is 47.4 Å². The molecule has 7 nitrogen and oxygen atoms in total. The van der Waals surface area contributed by atoms with Gasteiger partial charge in [0.05, 0.1) is 23.6 Å². The van der Waals surface area contributed by atoms with Gasteiger partial charge in [0, 0.05) is 11.6 Å². The number of amidine groups is 1. The third kappa shape index (κ3) is 4.19. The van der Waals surface area contributed by atoms with Gasteiger partial charge in [-0.3, -0.25) is 9.79 Å². The van der Waals surface area contributed by atoms with Gasteiger partial charge < -0.3 is 21.8 Å². The fourth-order valence-corrected chi connectivity index (χ4v) is 4.73. The van der Waals surface area contributed by atoms with Gasteiger partial charge in [0.15, 0.2) is 5.82 Å². The number of amides is 1. The minimum atomic E-state index is -0.562. The summed E-state index contributed by atoms with van der Waals surface area (Å²) in [6.07, 6.45) is 3.85. The average Bonchev–Trinajstić information content (AvgIpc) is 3.19. The van der Waals surface area contributed by atoms with Crippen molar-refractivity contribution in [2.24, 2.45) is 22.2 Å². The molecule has 33 heavy (non-hydrogen) atoms. The largest absolute Gasteiger partial charge is 0.383 e. The Balaban J connectivity index is 1.56. The molecule has 6 N–H and O–H groups in total. The molecule has 3 aromatic carbocycles. The van der Waals surface area contributed by atoms with Crippen molar-refractivity contribution < 1.29 is 4.79 Å². The Morgan fingerprint density at radius 3 is 2.55 bits per heavy atom. The van der Waals surface area contributed by atoms with Crippen molar-refractivity contribution >= 4 is 33.5 Å². The highest BCUT2D eigenvalue weighted by Gasteiger charge is 2.20. The van der Waals surface area contributed by atoms with Crippen LogP contribution in [0.15, 0.2) is 65.7 Å². The topological polar surface area (TPSA) is 125 Å². The minimum Gasteiger partial charge on any atom is -0.383 e. The molecule has 0 saturated heterocycles. The molecule has 168 valence electrons. The van der Waals surface area contributed by atoms with Crippen molar-refractivity contribution in [3.63, 3.8) is 0 Å². The summed E-state index contributed by atoms with van der Waals surface area (Å²) in [5, 5.41) is 2.27. The van der Waals surface area contributed by atoms with Gasteiger partial charge in [-0.15, -0.1) is 0 Å². The van der Waals surface area contributed by atoms with Crippen LogP contribution in [0.5, 0.6) is 0 Å². The highest BCUT2D eigenvalue weighted by Crippen LogP contribution is 2.25. The first-order valence-corrected chi connectivity index (χ1v) is 11.4. The van der Waals surface area contributed by atoms with E-state index in [1.807, 2.05) is 41.0 Å². The van der Waals surface area contributed by atoms with Gasteiger partial charge >= 0.3 is 0 Å². The fourth-order valence-electron chi connectivity index (χ4n) is 4.73. The van der Waals surface area contributed by atoms with Crippen molar-refractivity contribution in [3.8, 4) is 0 Å². The van der Waals surface area contributed by atoms with Gasteiger partial charge in [-0.25, -0.2) is 4.98 Å². The minimum absolute atomic E-state index is 0.197. The summed E-state index contributed by atoms with van der Waals surface area (Å²) in [5.41, 5.74) is 21.5. The van der Waals surface area contributed by atoms with Crippen molar-refractivity contribution in [1.82, 2.24) is 9.55 Å². The summed E-state index contributed by atoms with van der Waals surface area (Å²) >= 11 is 0. The fraction of sp³-hybridized carbons (Fsp3) is 0.269. The van der Waals surface area contributed by atoms with E-state index in [-0.39, 0.29) is 17.9 Å². The number of primary amides is 1. The van der Waals surface area contributed by atoms with Crippen LogP contribution >= 0.6 is 0 Å². The van der Waals surface area contributed by atoms with Crippen LogP contribution < -0.4 is 17.2 Å².